The zero-order chi connectivity index (χ0) is 15.1. The molecular weight excluding hydrogens is 278 g/mol. The number of benzene rings is 1. The molecule has 0 bridgehead atoms. The molecule has 1 aromatic carbocycles. The van der Waals surface area contributed by atoms with Crippen molar-refractivity contribution in [3.63, 3.8) is 0 Å². The summed E-state index contributed by atoms with van der Waals surface area (Å²) in [5, 5.41) is 2.99. The highest BCUT2D eigenvalue weighted by molar-refractivity contribution is 7.80. The van der Waals surface area contributed by atoms with E-state index in [1.165, 1.54) is 31.4 Å². The predicted octanol–water partition coefficient (Wildman–Crippen LogP) is 4.37. The molecule has 1 aromatic rings. The van der Waals surface area contributed by atoms with Gasteiger partial charge in [0.15, 0.2) is 11.6 Å². The second-order valence-electron chi connectivity index (χ2n) is 5.05. The number of hydrogen-bond donors (Lipinski definition) is 2. The van der Waals surface area contributed by atoms with Crippen molar-refractivity contribution < 1.29 is 8.78 Å². The van der Waals surface area contributed by atoms with E-state index in [9.17, 15) is 8.78 Å². The van der Waals surface area contributed by atoms with Gasteiger partial charge < -0.3 is 11.1 Å². The van der Waals surface area contributed by atoms with Crippen molar-refractivity contribution in [2.45, 2.75) is 52.0 Å². The Morgan fingerprint density at radius 2 is 1.95 bits per heavy atom. The molecule has 1 rings (SSSR count). The van der Waals surface area contributed by atoms with Gasteiger partial charge in [0.05, 0.1) is 5.69 Å². The maximum atomic E-state index is 13.9. The quantitative estimate of drug-likeness (QED) is 0.553. The highest BCUT2D eigenvalue weighted by Gasteiger charge is 2.16. The molecule has 0 aliphatic carbocycles. The molecule has 5 heteroatoms. The first-order valence-electron chi connectivity index (χ1n) is 7.01. The SMILES string of the molecule is CCCCCCC(C)Nc1ccc(C(N)=S)c(F)c1F. The van der Waals surface area contributed by atoms with E-state index in [1.54, 1.807) is 0 Å². The highest BCUT2D eigenvalue weighted by Crippen LogP contribution is 2.22. The van der Waals surface area contributed by atoms with E-state index in [0.29, 0.717) is 0 Å². The second kappa shape index (κ2) is 8.15. The van der Waals surface area contributed by atoms with Gasteiger partial charge in [-0.3, -0.25) is 0 Å². The fourth-order valence-corrected chi connectivity index (χ4v) is 2.22. The van der Waals surface area contributed by atoms with Crippen molar-refractivity contribution in [2.75, 3.05) is 5.32 Å². The van der Waals surface area contributed by atoms with Gasteiger partial charge in [-0.25, -0.2) is 8.78 Å². The van der Waals surface area contributed by atoms with Crippen molar-refractivity contribution in [1.82, 2.24) is 0 Å². The third-order valence-corrected chi connectivity index (χ3v) is 3.46. The average molecular weight is 300 g/mol. The van der Waals surface area contributed by atoms with Crippen LogP contribution in [0, 0.1) is 11.6 Å². The second-order valence-corrected chi connectivity index (χ2v) is 5.49. The van der Waals surface area contributed by atoms with E-state index in [4.69, 9.17) is 5.73 Å². The van der Waals surface area contributed by atoms with E-state index in [0.717, 1.165) is 12.8 Å². The standard InChI is InChI=1S/C15H22F2N2S/c1-3-4-5-6-7-10(2)19-12-9-8-11(15(18)20)13(16)14(12)17/h8-10,19H,3-7H2,1-2H3,(H2,18,20). The first-order chi connectivity index (χ1) is 9.47. The van der Waals surface area contributed by atoms with Gasteiger partial charge in [0, 0.05) is 11.6 Å². The minimum atomic E-state index is -0.985. The van der Waals surface area contributed by atoms with E-state index in [-0.39, 0.29) is 22.3 Å². The van der Waals surface area contributed by atoms with Crippen LogP contribution in [-0.2, 0) is 0 Å². The number of hydrogen-bond acceptors (Lipinski definition) is 2. The number of thiocarbonyl (C=S) groups is 1. The largest absolute Gasteiger partial charge is 0.389 e. The smallest absolute Gasteiger partial charge is 0.182 e. The zero-order valence-corrected chi connectivity index (χ0v) is 12.8. The van der Waals surface area contributed by atoms with Crippen molar-refractivity contribution in [2.24, 2.45) is 5.73 Å². The summed E-state index contributed by atoms with van der Waals surface area (Å²) in [5.74, 6) is -1.91. The molecule has 1 atom stereocenters. The molecule has 0 amide bonds. The lowest BCUT2D eigenvalue weighted by atomic mass is 10.1. The van der Waals surface area contributed by atoms with Crippen LogP contribution >= 0.6 is 12.2 Å². The molecular formula is C15H22F2N2S. The molecule has 3 N–H and O–H groups in total. The van der Waals surface area contributed by atoms with Crippen LogP contribution in [0.1, 0.15) is 51.5 Å². The summed E-state index contributed by atoms with van der Waals surface area (Å²) in [6.45, 7) is 4.12. The number of nitrogens with two attached hydrogens (primary N) is 1. The van der Waals surface area contributed by atoms with Gasteiger partial charge in [-0.05, 0) is 25.5 Å². The Hall–Kier alpha value is -1.23. The maximum Gasteiger partial charge on any atom is 0.182 e. The summed E-state index contributed by atoms with van der Waals surface area (Å²) < 4.78 is 27.6. The van der Waals surface area contributed by atoms with Crippen LogP contribution in [0.5, 0.6) is 0 Å². The van der Waals surface area contributed by atoms with Crippen molar-refractivity contribution in [1.29, 1.82) is 0 Å². The molecule has 0 aliphatic rings. The Morgan fingerprint density at radius 1 is 1.25 bits per heavy atom. The molecule has 112 valence electrons. The van der Waals surface area contributed by atoms with Crippen molar-refractivity contribution >= 4 is 22.9 Å². The molecule has 20 heavy (non-hydrogen) atoms. The van der Waals surface area contributed by atoms with Crippen LogP contribution in [0.4, 0.5) is 14.5 Å². The number of rotatable bonds is 8. The number of nitrogens with one attached hydrogen (secondary N) is 1. The fraction of sp³-hybridized carbons (Fsp3) is 0.533. The third kappa shape index (κ3) is 4.71. The summed E-state index contributed by atoms with van der Waals surface area (Å²) in [5.41, 5.74) is 5.43. The first kappa shape index (κ1) is 16.8. The summed E-state index contributed by atoms with van der Waals surface area (Å²) in [7, 11) is 0. The van der Waals surface area contributed by atoms with E-state index < -0.39 is 11.6 Å². The molecule has 0 fully saturated rings. The lowest BCUT2D eigenvalue weighted by Gasteiger charge is -2.16. The van der Waals surface area contributed by atoms with Gasteiger partial charge in [-0.15, -0.1) is 0 Å². The molecule has 1 unspecified atom stereocenters. The highest BCUT2D eigenvalue weighted by atomic mass is 32.1. The minimum Gasteiger partial charge on any atom is -0.389 e. The van der Waals surface area contributed by atoms with Crippen molar-refractivity contribution in [3.8, 4) is 0 Å². The zero-order valence-electron chi connectivity index (χ0n) is 12.0. The maximum absolute atomic E-state index is 13.9. The fourth-order valence-electron chi connectivity index (χ4n) is 2.07. The average Bonchev–Trinajstić information content (AvgIpc) is 2.40. The molecule has 0 spiro atoms. The number of unbranched alkanes of at least 4 members (excludes halogenated alkanes) is 3. The Morgan fingerprint density at radius 3 is 2.55 bits per heavy atom. The van der Waals surface area contributed by atoms with Gasteiger partial charge in [0.2, 0.25) is 0 Å². The van der Waals surface area contributed by atoms with Crippen molar-refractivity contribution in [3.05, 3.63) is 29.3 Å². The van der Waals surface area contributed by atoms with E-state index >= 15 is 0 Å². The lowest BCUT2D eigenvalue weighted by molar-refractivity contribution is 0.507. The van der Waals surface area contributed by atoms with Crippen LogP contribution in [-0.4, -0.2) is 11.0 Å². The predicted molar refractivity (Wildman–Crippen MR) is 84.1 cm³/mol. The monoisotopic (exact) mass is 300 g/mol. The summed E-state index contributed by atoms with van der Waals surface area (Å²) in [6.07, 6.45) is 5.56. The number of anilines is 1. The van der Waals surface area contributed by atoms with E-state index in [2.05, 4.69) is 24.5 Å². The molecule has 0 radical (unpaired) electrons. The van der Waals surface area contributed by atoms with Crippen LogP contribution in [0.25, 0.3) is 0 Å². The van der Waals surface area contributed by atoms with Gasteiger partial charge in [0.1, 0.15) is 4.99 Å². The molecule has 0 saturated heterocycles. The topological polar surface area (TPSA) is 38.0 Å². The Bertz CT molecular complexity index is 463. The van der Waals surface area contributed by atoms with Crippen LogP contribution in [0.3, 0.4) is 0 Å². The lowest BCUT2D eigenvalue weighted by Crippen LogP contribution is -2.18. The summed E-state index contributed by atoms with van der Waals surface area (Å²) >= 11 is 4.67. The summed E-state index contributed by atoms with van der Waals surface area (Å²) in [6, 6.07) is 2.99. The van der Waals surface area contributed by atoms with Gasteiger partial charge in [-0.2, -0.15) is 0 Å². The number of halogens is 2. The first-order valence-corrected chi connectivity index (χ1v) is 7.42. The molecule has 0 saturated carbocycles. The Kier molecular flexibility index (Phi) is 6.85. The molecule has 0 aromatic heterocycles. The van der Waals surface area contributed by atoms with Gasteiger partial charge in [0.25, 0.3) is 0 Å². The van der Waals surface area contributed by atoms with Crippen LogP contribution in [0.2, 0.25) is 0 Å². The van der Waals surface area contributed by atoms with E-state index in [1.807, 2.05) is 6.92 Å². The van der Waals surface area contributed by atoms with Crippen LogP contribution < -0.4 is 11.1 Å². The summed E-state index contributed by atoms with van der Waals surface area (Å²) in [4.78, 5) is -0.138. The Balaban J connectivity index is 2.64. The normalized spacial score (nSPS) is 12.2. The third-order valence-electron chi connectivity index (χ3n) is 3.24. The minimum absolute atomic E-state index is 0.0568. The van der Waals surface area contributed by atoms with Gasteiger partial charge >= 0.3 is 0 Å². The molecule has 0 heterocycles. The van der Waals surface area contributed by atoms with Gasteiger partial charge in [-0.1, -0.05) is 44.8 Å². The van der Waals surface area contributed by atoms with Crippen LogP contribution in [0.15, 0.2) is 12.1 Å². The Labute approximate surface area is 124 Å². The molecule has 0 aliphatic heterocycles. The molecule has 2 nitrogen and oxygen atoms in total.